The van der Waals surface area contributed by atoms with Crippen molar-refractivity contribution in [2.24, 2.45) is 5.73 Å². The monoisotopic (exact) mass is 397 g/mol. The molecular weight excluding hydrogens is 385 g/mol. The first-order valence-corrected chi connectivity index (χ1v) is 8.76. The van der Waals surface area contributed by atoms with E-state index in [-0.39, 0.29) is 29.6 Å². The summed E-state index contributed by atoms with van der Waals surface area (Å²) in [4.78, 5) is 11.5. The van der Waals surface area contributed by atoms with Crippen molar-refractivity contribution in [2.75, 3.05) is 7.11 Å². The van der Waals surface area contributed by atoms with E-state index in [0.717, 1.165) is 4.88 Å². The number of benzene rings is 1. The second-order valence-electron chi connectivity index (χ2n) is 4.02. The minimum Gasteiger partial charge on any atom is -0.744 e. The molecule has 0 atom stereocenters. The van der Waals surface area contributed by atoms with E-state index < -0.39 is 16.0 Å². The Kier molecular flexibility index (Phi) is 10.5. The van der Waals surface area contributed by atoms with Crippen molar-refractivity contribution < 1.29 is 52.1 Å². The first-order valence-electron chi connectivity index (χ1n) is 6.04. The summed E-state index contributed by atoms with van der Waals surface area (Å²) >= 11 is 7.04. The minimum atomic E-state index is -4.22. The van der Waals surface area contributed by atoms with Crippen LogP contribution < -0.4 is 40.0 Å². The van der Waals surface area contributed by atoms with Crippen LogP contribution in [0.2, 0.25) is 5.02 Å². The molecule has 0 bridgehead atoms. The van der Waals surface area contributed by atoms with E-state index in [2.05, 4.69) is 0 Å². The topological polar surface area (TPSA) is 110 Å². The Balaban J connectivity index is 0.000000425. The Morgan fingerprint density at radius 1 is 1.38 bits per heavy atom. The molecule has 24 heavy (non-hydrogen) atoms. The van der Waals surface area contributed by atoms with Gasteiger partial charge in [-0.1, -0.05) is 17.7 Å². The maximum absolute atomic E-state index is 10.8. The summed E-state index contributed by atoms with van der Waals surface area (Å²) in [6, 6.07) is 8.17. The van der Waals surface area contributed by atoms with Gasteiger partial charge in [0.1, 0.15) is 15.9 Å². The zero-order chi connectivity index (χ0) is 17.5. The largest absolute Gasteiger partial charge is 1.00 e. The van der Waals surface area contributed by atoms with E-state index in [1.807, 2.05) is 0 Å². The molecule has 0 saturated carbocycles. The van der Waals surface area contributed by atoms with Crippen molar-refractivity contribution >= 4 is 45.0 Å². The molecular formula is C14H13ClNNaO5S2. The maximum Gasteiger partial charge on any atom is 1.00 e. The molecule has 0 fully saturated rings. The van der Waals surface area contributed by atoms with E-state index in [1.165, 1.54) is 30.6 Å². The van der Waals surface area contributed by atoms with Crippen LogP contribution in [0.25, 0.3) is 6.08 Å². The van der Waals surface area contributed by atoms with Crippen LogP contribution in [0.1, 0.15) is 15.2 Å². The second kappa shape index (κ2) is 10.9. The van der Waals surface area contributed by atoms with Gasteiger partial charge < -0.3 is 15.0 Å². The third-order valence-corrected chi connectivity index (χ3v) is 3.91. The van der Waals surface area contributed by atoms with Crippen molar-refractivity contribution in [3.05, 3.63) is 56.6 Å². The molecule has 10 heteroatoms. The minimum absolute atomic E-state index is 0. The molecule has 0 spiro atoms. The summed E-state index contributed by atoms with van der Waals surface area (Å²) in [7, 11) is -2.77. The van der Waals surface area contributed by atoms with Crippen molar-refractivity contribution in [1.82, 2.24) is 0 Å². The number of carbonyl (C=O) groups is 1. The first kappa shape index (κ1) is 23.1. The molecule has 2 rings (SSSR count). The number of ether oxygens (including phenoxy) is 1. The quantitative estimate of drug-likeness (QED) is 0.563. The second-order valence-corrected chi connectivity index (χ2v) is 6.69. The molecule has 6 nitrogen and oxygen atoms in total. The van der Waals surface area contributed by atoms with Gasteiger partial charge in [-0.05, 0) is 35.7 Å². The van der Waals surface area contributed by atoms with Crippen LogP contribution in [0.5, 0.6) is 5.75 Å². The molecule has 2 aromatic rings. The smallest absolute Gasteiger partial charge is 0.744 e. The Morgan fingerprint density at radius 2 is 2.04 bits per heavy atom. The van der Waals surface area contributed by atoms with Crippen molar-refractivity contribution in [3.8, 4) is 5.75 Å². The van der Waals surface area contributed by atoms with Crippen LogP contribution in [0, 0.1) is 0 Å². The molecule has 1 amide bonds. The van der Waals surface area contributed by atoms with Gasteiger partial charge in [-0.25, -0.2) is 8.42 Å². The van der Waals surface area contributed by atoms with E-state index in [4.69, 9.17) is 22.1 Å². The van der Waals surface area contributed by atoms with E-state index in [9.17, 15) is 17.8 Å². The molecule has 1 aromatic heterocycles. The number of primary amides is 1. The Labute approximate surface area is 171 Å². The van der Waals surface area contributed by atoms with Gasteiger partial charge in [0.05, 0.1) is 12.7 Å². The number of hydrogen-bond acceptors (Lipinski definition) is 6. The van der Waals surface area contributed by atoms with Gasteiger partial charge in [0, 0.05) is 15.3 Å². The maximum atomic E-state index is 10.8. The fraction of sp³-hybridized carbons (Fsp3) is 0.0714. The molecule has 2 N–H and O–H groups in total. The number of carbonyl (C=O) groups excluding carboxylic acids is 1. The first-order chi connectivity index (χ1) is 10.7. The number of nitrogens with two attached hydrogens (primary N) is 1. The number of hydrogen-bond donors (Lipinski definition) is 1. The van der Waals surface area contributed by atoms with Crippen molar-refractivity contribution in [2.45, 2.75) is 0 Å². The van der Waals surface area contributed by atoms with Gasteiger partial charge in [-0.15, -0.1) is 11.3 Å². The predicted molar refractivity (Wildman–Crippen MR) is 89.6 cm³/mol. The number of thiophene rings is 1. The van der Waals surface area contributed by atoms with Gasteiger partial charge in [0.2, 0.25) is 0 Å². The van der Waals surface area contributed by atoms with Crippen LogP contribution in [-0.4, -0.2) is 26.0 Å². The van der Waals surface area contributed by atoms with E-state index >= 15 is 0 Å². The molecule has 0 aliphatic rings. The standard InChI is InChI=1S/C8H8ClNO2.C6H6O3S2.Na/c1-12-7-4-5(9)2-3-6(7)8(10)11;7-11(8,9)5-3-6-2-1-4-10-6;/h2-4H,1H3,(H2,10,11);1-5H,(H,7,8,9);/q;;+1/p-1/b;5-3+;. The summed E-state index contributed by atoms with van der Waals surface area (Å²) in [5, 5.41) is 2.97. The van der Waals surface area contributed by atoms with Gasteiger partial charge in [0.25, 0.3) is 5.91 Å². The van der Waals surface area contributed by atoms with Crippen LogP contribution in [0.15, 0.2) is 41.1 Å². The van der Waals surface area contributed by atoms with E-state index in [1.54, 1.807) is 29.6 Å². The summed E-state index contributed by atoms with van der Waals surface area (Å²) in [6.45, 7) is 0. The number of halogens is 1. The molecule has 124 valence electrons. The predicted octanol–water partition coefficient (Wildman–Crippen LogP) is -0.285. The van der Waals surface area contributed by atoms with Crippen LogP contribution in [0.3, 0.4) is 0 Å². The van der Waals surface area contributed by atoms with Crippen molar-refractivity contribution in [1.29, 1.82) is 0 Å². The zero-order valence-electron chi connectivity index (χ0n) is 12.9. The number of rotatable bonds is 4. The molecule has 0 unspecified atom stereocenters. The molecule has 0 aliphatic heterocycles. The Hall–Kier alpha value is -0.870. The van der Waals surface area contributed by atoms with Crippen LogP contribution in [0.4, 0.5) is 0 Å². The average Bonchev–Trinajstić information content (AvgIpc) is 2.98. The number of methoxy groups -OCH3 is 1. The fourth-order valence-corrected chi connectivity index (χ4v) is 2.58. The SMILES string of the molecule is COc1cc(Cl)ccc1C(N)=O.O=S(=O)([O-])/C=C/c1cccs1.[Na+]. The van der Waals surface area contributed by atoms with Gasteiger partial charge >= 0.3 is 29.6 Å². The third kappa shape index (κ3) is 8.84. The summed E-state index contributed by atoms with van der Waals surface area (Å²) in [6.07, 6.45) is 1.28. The van der Waals surface area contributed by atoms with Gasteiger partial charge in [-0.3, -0.25) is 4.79 Å². The third-order valence-electron chi connectivity index (χ3n) is 2.37. The Morgan fingerprint density at radius 3 is 2.50 bits per heavy atom. The zero-order valence-corrected chi connectivity index (χ0v) is 17.3. The van der Waals surface area contributed by atoms with Gasteiger partial charge in [-0.2, -0.15) is 0 Å². The summed E-state index contributed by atoms with van der Waals surface area (Å²) < 4.78 is 35.2. The molecule has 0 aliphatic carbocycles. The summed E-state index contributed by atoms with van der Waals surface area (Å²) in [5.41, 5.74) is 5.41. The van der Waals surface area contributed by atoms with Crippen LogP contribution >= 0.6 is 22.9 Å². The van der Waals surface area contributed by atoms with Crippen LogP contribution in [-0.2, 0) is 10.1 Å². The normalized spacial score (nSPS) is 10.5. The van der Waals surface area contributed by atoms with Crippen molar-refractivity contribution in [3.63, 3.8) is 0 Å². The molecule has 1 aromatic carbocycles. The fourth-order valence-electron chi connectivity index (χ4n) is 1.41. The molecule has 0 radical (unpaired) electrons. The summed E-state index contributed by atoms with van der Waals surface area (Å²) in [5.74, 6) is -0.126. The average molecular weight is 398 g/mol. The Bertz CT molecular complexity index is 792. The molecule has 0 saturated heterocycles. The molecule has 1 heterocycles. The number of amides is 1. The van der Waals surface area contributed by atoms with E-state index in [0.29, 0.717) is 21.7 Å². The van der Waals surface area contributed by atoms with Gasteiger partial charge in [0.15, 0.2) is 0 Å².